The number of halogens is 1. The van der Waals surface area contributed by atoms with Crippen LogP contribution in [-0.4, -0.2) is 25.8 Å². The third kappa shape index (κ3) is 3.81. The Bertz CT molecular complexity index is 260. The lowest BCUT2D eigenvalue weighted by atomic mass is 10.3. The molecule has 4 nitrogen and oxygen atoms in total. The van der Waals surface area contributed by atoms with E-state index in [2.05, 4.69) is 4.72 Å². The molecule has 80 valence electrons. The molecular formula is C7H17ClN2O2S. The molecule has 0 aromatic heterocycles. The molecule has 3 N–H and O–H groups in total. The summed E-state index contributed by atoms with van der Waals surface area (Å²) in [7, 11) is -3.12. The Balaban J connectivity index is 0.00000144. The molecule has 0 spiro atoms. The molecule has 6 heteroatoms. The van der Waals surface area contributed by atoms with Gasteiger partial charge in [-0.2, -0.15) is 0 Å². The van der Waals surface area contributed by atoms with E-state index in [1.54, 1.807) is 13.8 Å². The van der Waals surface area contributed by atoms with Gasteiger partial charge in [0.1, 0.15) is 0 Å². The fourth-order valence-corrected chi connectivity index (χ4v) is 1.57. The van der Waals surface area contributed by atoms with Crippen molar-refractivity contribution < 1.29 is 8.42 Å². The Morgan fingerprint density at radius 1 is 1.46 bits per heavy atom. The van der Waals surface area contributed by atoms with Gasteiger partial charge in [-0.05, 0) is 26.7 Å². The van der Waals surface area contributed by atoms with Crippen LogP contribution in [-0.2, 0) is 10.0 Å². The first-order chi connectivity index (χ1) is 5.36. The van der Waals surface area contributed by atoms with Crippen molar-refractivity contribution in [1.29, 1.82) is 0 Å². The molecule has 0 unspecified atom stereocenters. The van der Waals surface area contributed by atoms with Gasteiger partial charge in [-0.25, -0.2) is 13.1 Å². The van der Waals surface area contributed by atoms with Crippen molar-refractivity contribution >= 4 is 22.4 Å². The van der Waals surface area contributed by atoms with E-state index in [9.17, 15) is 8.42 Å². The van der Waals surface area contributed by atoms with Gasteiger partial charge in [0.2, 0.25) is 10.0 Å². The van der Waals surface area contributed by atoms with Gasteiger partial charge in [-0.1, -0.05) is 0 Å². The van der Waals surface area contributed by atoms with Crippen molar-refractivity contribution in [3.63, 3.8) is 0 Å². The molecule has 0 aromatic carbocycles. The van der Waals surface area contributed by atoms with Crippen molar-refractivity contribution in [2.24, 2.45) is 5.73 Å². The predicted molar refractivity (Wildman–Crippen MR) is 55.5 cm³/mol. The van der Waals surface area contributed by atoms with Crippen LogP contribution in [0.3, 0.4) is 0 Å². The topological polar surface area (TPSA) is 72.2 Å². The van der Waals surface area contributed by atoms with Gasteiger partial charge in [0.25, 0.3) is 0 Å². The molecule has 0 amide bonds. The smallest absolute Gasteiger partial charge is 0.213 e. The van der Waals surface area contributed by atoms with Crippen molar-refractivity contribution in [2.75, 3.05) is 6.54 Å². The molecule has 0 aromatic rings. The second kappa shape index (κ2) is 4.13. The lowest BCUT2D eigenvalue weighted by Crippen LogP contribution is -2.41. The number of nitrogens with one attached hydrogen (secondary N) is 1. The van der Waals surface area contributed by atoms with Crippen molar-refractivity contribution in [2.45, 2.75) is 37.5 Å². The van der Waals surface area contributed by atoms with Gasteiger partial charge in [-0.15, -0.1) is 12.4 Å². The zero-order valence-electron chi connectivity index (χ0n) is 7.91. The third-order valence-corrected chi connectivity index (χ3v) is 3.93. The van der Waals surface area contributed by atoms with Gasteiger partial charge in [0, 0.05) is 12.1 Å². The summed E-state index contributed by atoms with van der Waals surface area (Å²) < 4.78 is 25.0. The monoisotopic (exact) mass is 228 g/mol. The molecular weight excluding hydrogens is 212 g/mol. The van der Waals surface area contributed by atoms with Crippen molar-refractivity contribution in [3.05, 3.63) is 0 Å². The Morgan fingerprint density at radius 3 is 2.23 bits per heavy atom. The molecule has 0 atom stereocenters. The molecule has 13 heavy (non-hydrogen) atoms. The standard InChI is InChI=1S/C7H16N2O2S.ClH/c1-6(2)12(10,11)9-5-7(8)3-4-7;/h6,9H,3-5,8H2,1-2H3;1H. The Hall–Kier alpha value is 0.160. The molecule has 0 bridgehead atoms. The molecule has 1 aliphatic rings. The van der Waals surface area contributed by atoms with Gasteiger partial charge in [0.15, 0.2) is 0 Å². The van der Waals surface area contributed by atoms with E-state index in [-0.39, 0.29) is 23.2 Å². The quantitative estimate of drug-likeness (QED) is 0.724. The Kier molecular flexibility index (Phi) is 4.18. The molecule has 1 fully saturated rings. The van der Waals surface area contributed by atoms with Crippen molar-refractivity contribution in [1.82, 2.24) is 4.72 Å². The molecule has 1 rings (SSSR count). The van der Waals surface area contributed by atoms with Gasteiger partial charge < -0.3 is 5.73 Å². The van der Waals surface area contributed by atoms with E-state index < -0.39 is 10.0 Å². The lowest BCUT2D eigenvalue weighted by Gasteiger charge is -2.12. The van der Waals surface area contributed by atoms with Crippen LogP contribution in [0.15, 0.2) is 0 Å². The van der Waals surface area contributed by atoms with E-state index in [0.29, 0.717) is 6.54 Å². The highest BCUT2D eigenvalue weighted by Gasteiger charge is 2.39. The number of sulfonamides is 1. The molecule has 1 saturated carbocycles. The summed E-state index contributed by atoms with van der Waals surface area (Å²) in [6, 6.07) is 0. The fourth-order valence-electron chi connectivity index (χ4n) is 0.748. The lowest BCUT2D eigenvalue weighted by molar-refractivity contribution is 0.557. The Morgan fingerprint density at radius 2 is 1.92 bits per heavy atom. The molecule has 1 aliphatic carbocycles. The second-order valence-electron chi connectivity index (χ2n) is 3.78. The maximum absolute atomic E-state index is 11.2. The largest absolute Gasteiger partial charge is 0.324 e. The normalized spacial score (nSPS) is 19.7. The van der Waals surface area contributed by atoms with Crippen LogP contribution in [0.4, 0.5) is 0 Å². The van der Waals surface area contributed by atoms with Crippen LogP contribution in [0.25, 0.3) is 0 Å². The fraction of sp³-hybridized carbons (Fsp3) is 1.00. The van der Waals surface area contributed by atoms with E-state index in [1.165, 1.54) is 0 Å². The van der Waals surface area contributed by atoms with Crippen LogP contribution >= 0.6 is 12.4 Å². The summed E-state index contributed by atoms with van der Waals surface area (Å²) in [6.07, 6.45) is 1.85. The number of nitrogens with two attached hydrogens (primary N) is 1. The summed E-state index contributed by atoms with van der Waals surface area (Å²) in [6.45, 7) is 3.68. The van der Waals surface area contributed by atoms with Crippen LogP contribution in [0.1, 0.15) is 26.7 Å². The minimum atomic E-state index is -3.12. The first kappa shape index (κ1) is 13.2. The van der Waals surface area contributed by atoms with Crippen LogP contribution < -0.4 is 10.5 Å². The zero-order chi connectivity index (χ0) is 9.41. The van der Waals surface area contributed by atoms with Crippen LogP contribution in [0, 0.1) is 0 Å². The van der Waals surface area contributed by atoms with E-state index in [1.807, 2.05) is 0 Å². The van der Waals surface area contributed by atoms with E-state index >= 15 is 0 Å². The number of hydrogen-bond donors (Lipinski definition) is 2. The number of rotatable bonds is 4. The third-order valence-electron chi connectivity index (χ3n) is 2.14. The van der Waals surface area contributed by atoms with E-state index in [4.69, 9.17) is 5.73 Å². The predicted octanol–water partition coefficient (Wildman–Crippen LogP) is 0.227. The van der Waals surface area contributed by atoms with Crippen LogP contribution in [0.5, 0.6) is 0 Å². The maximum Gasteiger partial charge on any atom is 0.213 e. The van der Waals surface area contributed by atoms with Gasteiger partial charge in [0.05, 0.1) is 5.25 Å². The summed E-state index contributed by atoms with van der Waals surface area (Å²) in [4.78, 5) is 0. The van der Waals surface area contributed by atoms with E-state index in [0.717, 1.165) is 12.8 Å². The Labute approximate surface area is 85.7 Å². The summed E-state index contributed by atoms with van der Waals surface area (Å²) in [5.74, 6) is 0. The highest BCUT2D eigenvalue weighted by molar-refractivity contribution is 7.90. The summed E-state index contributed by atoms with van der Waals surface area (Å²) in [5, 5.41) is -0.375. The molecule has 0 aliphatic heterocycles. The first-order valence-electron chi connectivity index (χ1n) is 4.13. The summed E-state index contributed by atoms with van der Waals surface area (Å²) >= 11 is 0. The molecule has 0 heterocycles. The van der Waals surface area contributed by atoms with Crippen molar-refractivity contribution in [3.8, 4) is 0 Å². The maximum atomic E-state index is 11.2. The minimum absolute atomic E-state index is 0. The molecule has 0 radical (unpaired) electrons. The minimum Gasteiger partial charge on any atom is -0.324 e. The van der Waals surface area contributed by atoms with Gasteiger partial charge in [-0.3, -0.25) is 0 Å². The first-order valence-corrected chi connectivity index (χ1v) is 5.68. The van der Waals surface area contributed by atoms with Crippen LogP contribution in [0.2, 0.25) is 0 Å². The SMILES string of the molecule is CC(C)S(=O)(=O)NCC1(N)CC1.Cl. The highest BCUT2D eigenvalue weighted by Crippen LogP contribution is 2.31. The average Bonchev–Trinajstić information content (AvgIpc) is 2.66. The number of hydrogen-bond acceptors (Lipinski definition) is 3. The molecule has 0 saturated heterocycles. The zero-order valence-corrected chi connectivity index (χ0v) is 9.54. The summed E-state index contributed by atoms with van der Waals surface area (Å²) in [5.41, 5.74) is 5.48. The van der Waals surface area contributed by atoms with Gasteiger partial charge >= 0.3 is 0 Å². The average molecular weight is 229 g/mol. The highest BCUT2D eigenvalue weighted by atomic mass is 35.5. The second-order valence-corrected chi connectivity index (χ2v) is 6.10.